The standard InChI is InChI=1S/C85H96Cl3NO22/c1-7-43-96-81-72(66(51-94-44-59-29-15-8-16-30-59)70(54(2)103-81)98-46-61-33-19-10-20-34-61)109-83-79(111-80-69(89-84(93)85(86,87)88)75(106-58(6)92)74(105-57(5)91)68(107-80)53-97-56(4)90)77(71(55(3)104-83)99-47-62-35-21-11-22-36-62)110-82-78(102-50-65-41-27-14-28-42-65)76(101-49-64-39-25-13-26-40-64)73(100-48-63-37-23-12-24-38-63)67(108-82)52-95-45-60-31-17-9-18-32-60/h7-42,54-55,66-83H,1,43-53H2,2-6H3,(H,89,93)/t54-,55-,66+,67-,68+,69+,70-,71-,72+,73-,74+,75+,76+,77+,78+,79+,80-,81+,82-,83-/m0/s1. The molecule has 7 aromatic rings. The van der Waals surface area contributed by atoms with Gasteiger partial charge in [0.05, 0.1) is 84.4 Å². The quantitative estimate of drug-likeness (QED) is 0.0164. The molecule has 0 unspecified atom stereocenters. The molecule has 0 saturated carbocycles. The predicted octanol–water partition coefficient (Wildman–Crippen LogP) is 12.5. The molecule has 26 heteroatoms. The van der Waals surface area contributed by atoms with Crippen molar-refractivity contribution in [1.82, 2.24) is 5.32 Å². The van der Waals surface area contributed by atoms with Crippen LogP contribution in [0.2, 0.25) is 0 Å². The van der Waals surface area contributed by atoms with Gasteiger partial charge in [-0.25, -0.2) is 0 Å². The number of benzene rings is 7. The molecule has 20 atom stereocenters. The highest BCUT2D eigenvalue weighted by molar-refractivity contribution is 6.76. The third kappa shape index (κ3) is 24.7. The summed E-state index contributed by atoms with van der Waals surface area (Å²) in [6, 6.07) is 65.4. The van der Waals surface area contributed by atoms with Crippen LogP contribution >= 0.6 is 34.8 Å². The summed E-state index contributed by atoms with van der Waals surface area (Å²) in [7, 11) is 0. The fourth-order valence-electron chi connectivity index (χ4n) is 13.8. The Morgan fingerprint density at radius 2 is 0.748 bits per heavy atom. The largest absolute Gasteiger partial charge is 0.463 e. The maximum Gasteiger partial charge on any atom is 0.303 e. The topological polar surface area (TPSA) is 246 Å². The smallest absolute Gasteiger partial charge is 0.303 e. The molecule has 23 nitrogen and oxygen atoms in total. The molecular formula is C85H96Cl3NO22. The van der Waals surface area contributed by atoms with Gasteiger partial charge in [-0.1, -0.05) is 253 Å². The van der Waals surface area contributed by atoms with E-state index in [9.17, 15) is 19.2 Å². The van der Waals surface area contributed by atoms with E-state index in [1.54, 1.807) is 13.0 Å². The van der Waals surface area contributed by atoms with Gasteiger partial charge in [0.1, 0.15) is 67.6 Å². The minimum atomic E-state index is -2.71. The van der Waals surface area contributed by atoms with Crippen LogP contribution in [-0.2, 0) is 151 Å². The molecule has 1 amide bonds. The van der Waals surface area contributed by atoms with Crippen LogP contribution in [0.3, 0.4) is 0 Å². The van der Waals surface area contributed by atoms with E-state index in [0.717, 1.165) is 59.7 Å². The monoisotopic (exact) mass is 1590 g/mol. The number of hydrogen-bond donors (Lipinski definition) is 1. The number of carbonyl (C=O) groups is 4. The van der Waals surface area contributed by atoms with Crippen molar-refractivity contribution in [3.63, 3.8) is 0 Å². The zero-order valence-electron chi connectivity index (χ0n) is 62.4. The molecule has 11 rings (SSSR count). The van der Waals surface area contributed by atoms with Gasteiger partial charge >= 0.3 is 17.9 Å². The van der Waals surface area contributed by atoms with Gasteiger partial charge in [-0.05, 0) is 52.8 Å². The molecule has 0 radical (unpaired) electrons. The van der Waals surface area contributed by atoms with Gasteiger partial charge in [-0.15, -0.1) is 6.58 Å². The minimum absolute atomic E-state index is 0.0109. The Morgan fingerprint density at radius 1 is 0.378 bits per heavy atom. The highest BCUT2D eigenvalue weighted by Gasteiger charge is 2.60. The summed E-state index contributed by atoms with van der Waals surface area (Å²) in [5, 5.41) is 2.67. The molecule has 4 aliphatic heterocycles. The summed E-state index contributed by atoms with van der Waals surface area (Å²) in [6.07, 6.45) is -22.4. The fraction of sp³-hybridized carbons (Fsp3) is 0.435. The van der Waals surface area contributed by atoms with Gasteiger partial charge in [0.2, 0.25) is 0 Å². The number of ether oxygens (including phenoxy) is 18. The first-order valence-corrected chi connectivity index (χ1v) is 38.2. The van der Waals surface area contributed by atoms with E-state index >= 15 is 0 Å². The first kappa shape index (κ1) is 84.3. The van der Waals surface area contributed by atoms with Crippen molar-refractivity contribution >= 4 is 58.6 Å². The maximum atomic E-state index is 14.5. The maximum absolute atomic E-state index is 14.5. The number of rotatable bonds is 37. The van der Waals surface area contributed by atoms with Crippen molar-refractivity contribution in [2.24, 2.45) is 5.92 Å². The first-order valence-electron chi connectivity index (χ1n) is 37.0. The zero-order chi connectivity index (χ0) is 78.1. The van der Waals surface area contributed by atoms with E-state index in [1.165, 1.54) is 0 Å². The van der Waals surface area contributed by atoms with Crippen LogP contribution in [0.5, 0.6) is 0 Å². The van der Waals surface area contributed by atoms with Crippen molar-refractivity contribution in [3.8, 4) is 0 Å². The lowest BCUT2D eigenvalue weighted by Crippen LogP contribution is -2.70. The Kier molecular flexibility index (Phi) is 32.3. The minimum Gasteiger partial charge on any atom is -0.463 e. The second kappa shape index (κ2) is 42.5. The van der Waals surface area contributed by atoms with Crippen LogP contribution in [0.4, 0.5) is 0 Å². The lowest BCUT2D eigenvalue weighted by Gasteiger charge is -2.53. The third-order valence-corrected chi connectivity index (χ3v) is 19.5. The molecule has 7 aromatic carbocycles. The van der Waals surface area contributed by atoms with E-state index in [-0.39, 0.29) is 66.1 Å². The molecule has 0 spiro atoms. The molecule has 4 heterocycles. The van der Waals surface area contributed by atoms with E-state index in [2.05, 4.69) is 11.9 Å². The average molecular weight is 1590 g/mol. The molecule has 4 saturated heterocycles. The first-order chi connectivity index (χ1) is 53.8. The lowest BCUT2D eigenvalue weighted by molar-refractivity contribution is -0.407. The summed E-state index contributed by atoms with van der Waals surface area (Å²) in [5.41, 5.74) is 5.86. The highest BCUT2D eigenvalue weighted by atomic mass is 35.6. The summed E-state index contributed by atoms with van der Waals surface area (Å²) in [6.45, 7) is 10.8. The Balaban J connectivity index is 1.11. The second-order valence-corrected chi connectivity index (χ2v) is 29.6. The molecule has 594 valence electrons. The van der Waals surface area contributed by atoms with E-state index in [0.29, 0.717) is 0 Å². The van der Waals surface area contributed by atoms with E-state index in [4.69, 9.17) is 120 Å². The molecule has 0 aliphatic carbocycles. The molecule has 0 aromatic heterocycles. The number of carbonyl (C=O) groups excluding carboxylic acids is 4. The molecule has 0 bridgehead atoms. The third-order valence-electron chi connectivity index (χ3n) is 19.0. The van der Waals surface area contributed by atoms with Crippen molar-refractivity contribution < 1.29 is 104 Å². The van der Waals surface area contributed by atoms with Gasteiger partial charge in [-0.3, -0.25) is 19.2 Å². The molecule has 4 aliphatic rings. The van der Waals surface area contributed by atoms with Crippen molar-refractivity contribution in [2.45, 2.75) is 201 Å². The van der Waals surface area contributed by atoms with Crippen molar-refractivity contribution in [1.29, 1.82) is 0 Å². The van der Waals surface area contributed by atoms with Gasteiger partial charge in [0.25, 0.3) is 9.70 Å². The molecular weight excluding hydrogens is 1490 g/mol. The summed E-state index contributed by atoms with van der Waals surface area (Å²) < 4.78 is 122. The Bertz CT molecular complexity index is 3940. The number of amides is 1. The van der Waals surface area contributed by atoms with Crippen molar-refractivity contribution in [3.05, 3.63) is 264 Å². The van der Waals surface area contributed by atoms with Crippen LogP contribution in [0, 0.1) is 5.92 Å². The summed E-state index contributed by atoms with van der Waals surface area (Å²) in [4.78, 5) is 54.4. The van der Waals surface area contributed by atoms with Crippen LogP contribution in [0.15, 0.2) is 225 Å². The van der Waals surface area contributed by atoms with Crippen LogP contribution in [-0.4, -0.2) is 171 Å². The SMILES string of the molecule is C=CCO[C@@H]1O[C@@H](C)[C@H](OCc2ccccc2)[C@@H](COCc2ccccc2)[C@H]1O[C@@H]1O[C@@H](C)[C@H](OCc2ccccc2)[C@@H](O[C@@H]2O[C@@H](COCc3ccccc3)[C@H](OCc3ccccc3)[C@@H](OCc3ccccc3)[C@H]2OCc2ccccc2)[C@H]1O[C@@H]1O[C@H](COC(C)=O)[C@@H](OC(C)=O)[C@H](OC(C)=O)[C@H]1NC(=O)C(Cl)(Cl)Cl. The van der Waals surface area contributed by atoms with Gasteiger partial charge in [0.15, 0.2) is 37.4 Å². The van der Waals surface area contributed by atoms with Crippen LogP contribution < -0.4 is 5.32 Å². The Hall–Kier alpha value is -7.57. The van der Waals surface area contributed by atoms with Crippen LogP contribution in [0.25, 0.3) is 0 Å². The molecule has 111 heavy (non-hydrogen) atoms. The summed E-state index contributed by atoms with van der Waals surface area (Å²) >= 11 is 19.2. The predicted molar refractivity (Wildman–Crippen MR) is 408 cm³/mol. The van der Waals surface area contributed by atoms with E-state index in [1.807, 2.05) is 219 Å². The number of halogens is 3. The molecule has 1 N–H and O–H groups in total. The van der Waals surface area contributed by atoms with Gasteiger partial charge in [-0.2, -0.15) is 0 Å². The summed E-state index contributed by atoms with van der Waals surface area (Å²) in [5.74, 6) is -4.63. The van der Waals surface area contributed by atoms with Gasteiger partial charge < -0.3 is 90.6 Å². The van der Waals surface area contributed by atoms with Crippen molar-refractivity contribution in [2.75, 3.05) is 26.4 Å². The zero-order valence-corrected chi connectivity index (χ0v) is 64.7. The number of hydrogen-bond acceptors (Lipinski definition) is 22. The number of alkyl halides is 3. The lowest BCUT2D eigenvalue weighted by atomic mass is 9.89. The normalized spacial score (nSPS) is 28.1. The Labute approximate surface area is 662 Å². The number of esters is 3. The number of nitrogens with one attached hydrogen (secondary N) is 1. The average Bonchev–Trinajstić information content (AvgIpc) is 0.772. The van der Waals surface area contributed by atoms with Gasteiger partial charge in [0, 0.05) is 26.7 Å². The molecule has 4 fully saturated rings. The van der Waals surface area contributed by atoms with E-state index < -0.39 is 157 Å². The van der Waals surface area contributed by atoms with Crippen LogP contribution in [0.1, 0.15) is 73.6 Å². The second-order valence-electron chi connectivity index (χ2n) is 27.3. The highest BCUT2D eigenvalue weighted by Crippen LogP contribution is 2.42. The Morgan fingerprint density at radius 3 is 1.21 bits per heavy atom. The fourth-order valence-corrected chi connectivity index (χ4v) is 13.9.